The van der Waals surface area contributed by atoms with Crippen LogP contribution in [-0.4, -0.2) is 26.9 Å². The predicted molar refractivity (Wildman–Crippen MR) is 66.8 cm³/mol. The topological polar surface area (TPSA) is 90.6 Å². The highest BCUT2D eigenvalue weighted by molar-refractivity contribution is 6.07. The van der Waals surface area contributed by atoms with E-state index in [1.807, 2.05) is 0 Å². The van der Waals surface area contributed by atoms with Crippen molar-refractivity contribution in [2.75, 3.05) is 5.32 Å². The molecular weight excluding hydrogens is 232 g/mol. The number of Topliss-reactive ketones (excluding diaryl/α,β-unsaturated/α-hetero) is 1. The van der Waals surface area contributed by atoms with E-state index in [-0.39, 0.29) is 11.7 Å². The van der Waals surface area contributed by atoms with Crippen molar-refractivity contribution < 1.29 is 9.59 Å². The van der Waals surface area contributed by atoms with E-state index in [1.165, 1.54) is 13.1 Å². The molecule has 2 aromatic heterocycles. The van der Waals surface area contributed by atoms with Gasteiger partial charge in [0.1, 0.15) is 5.69 Å². The molecule has 6 nitrogen and oxygen atoms in total. The van der Waals surface area contributed by atoms with Crippen LogP contribution < -0.4 is 5.32 Å². The van der Waals surface area contributed by atoms with Gasteiger partial charge in [-0.25, -0.2) is 0 Å². The van der Waals surface area contributed by atoms with Gasteiger partial charge in [-0.1, -0.05) is 0 Å². The van der Waals surface area contributed by atoms with E-state index in [0.717, 1.165) is 0 Å². The SMILES string of the molecule is CC(=O)c1c(C)[nH]c(C(=O)Nc2cn[nH]c2)c1C. The van der Waals surface area contributed by atoms with Crippen molar-refractivity contribution in [2.45, 2.75) is 20.8 Å². The number of H-pyrrole nitrogens is 2. The minimum Gasteiger partial charge on any atom is -0.354 e. The zero-order valence-electron chi connectivity index (χ0n) is 10.4. The molecule has 0 saturated carbocycles. The van der Waals surface area contributed by atoms with Crippen LogP contribution in [0, 0.1) is 13.8 Å². The number of hydrogen-bond acceptors (Lipinski definition) is 3. The summed E-state index contributed by atoms with van der Waals surface area (Å²) in [4.78, 5) is 26.4. The normalized spacial score (nSPS) is 10.4. The Morgan fingerprint density at radius 2 is 2.06 bits per heavy atom. The average Bonchev–Trinajstić information content (AvgIpc) is 2.86. The Morgan fingerprint density at radius 3 is 2.56 bits per heavy atom. The number of amides is 1. The van der Waals surface area contributed by atoms with Crippen molar-refractivity contribution in [3.05, 3.63) is 34.9 Å². The zero-order chi connectivity index (χ0) is 13.3. The number of hydrogen-bond donors (Lipinski definition) is 3. The number of aromatic nitrogens is 3. The van der Waals surface area contributed by atoms with Gasteiger partial charge in [0, 0.05) is 17.5 Å². The molecule has 0 aliphatic heterocycles. The van der Waals surface area contributed by atoms with Gasteiger partial charge >= 0.3 is 0 Å². The molecule has 0 bridgehead atoms. The monoisotopic (exact) mass is 246 g/mol. The number of aromatic amines is 2. The second-order valence-corrected chi connectivity index (χ2v) is 4.12. The Balaban J connectivity index is 2.31. The summed E-state index contributed by atoms with van der Waals surface area (Å²) in [6.07, 6.45) is 3.09. The van der Waals surface area contributed by atoms with Gasteiger partial charge < -0.3 is 10.3 Å². The lowest BCUT2D eigenvalue weighted by Gasteiger charge is -2.01. The Labute approximate surface area is 104 Å². The molecule has 0 atom stereocenters. The molecule has 0 radical (unpaired) electrons. The van der Waals surface area contributed by atoms with Crippen molar-refractivity contribution in [3.8, 4) is 0 Å². The maximum Gasteiger partial charge on any atom is 0.272 e. The summed E-state index contributed by atoms with van der Waals surface area (Å²) in [6, 6.07) is 0. The first-order valence-electron chi connectivity index (χ1n) is 5.51. The van der Waals surface area contributed by atoms with E-state index in [9.17, 15) is 9.59 Å². The predicted octanol–water partition coefficient (Wildman–Crippen LogP) is 1.81. The number of nitrogens with zero attached hydrogens (tertiary/aromatic N) is 1. The molecule has 94 valence electrons. The van der Waals surface area contributed by atoms with Crippen molar-refractivity contribution in [3.63, 3.8) is 0 Å². The Bertz CT molecular complexity index is 596. The van der Waals surface area contributed by atoms with Crippen LogP contribution in [0.25, 0.3) is 0 Å². The van der Waals surface area contributed by atoms with Gasteiger partial charge in [-0.3, -0.25) is 14.7 Å². The summed E-state index contributed by atoms with van der Waals surface area (Å²) in [5.41, 5.74) is 2.93. The lowest BCUT2D eigenvalue weighted by molar-refractivity contribution is 0.101. The molecule has 1 amide bonds. The van der Waals surface area contributed by atoms with E-state index in [2.05, 4.69) is 20.5 Å². The van der Waals surface area contributed by atoms with Crippen LogP contribution in [0.4, 0.5) is 5.69 Å². The van der Waals surface area contributed by atoms with Gasteiger partial charge in [0.2, 0.25) is 0 Å². The molecule has 3 N–H and O–H groups in total. The molecule has 2 heterocycles. The fourth-order valence-electron chi connectivity index (χ4n) is 2.02. The number of rotatable bonds is 3. The third-order valence-electron chi connectivity index (χ3n) is 2.77. The van der Waals surface area contributed by atoms with Crippen LogP contribution >= 0.6 is 0 Å². The molecule has 0 unspecified atom stereocenters. The molecule has 0 spiro atoms. The number of ketones is 1. The third kappa shape index (κ3) is 2.04. The van der Waals surface area contributed by atoms with Crippen LogP contribution in [0.1, 0.15) is 39.0 Å². The third-order valence-corrected chi connectivity index (χ3v) is 2.77. The number of aryl methyl sites for hydroxylation is 1. The fraction of sp³-hybridized carbons (Fsp3) is 0.250. The highest BCUT2D eigenvalue weighted by Gasteiger charge is 2.19. The first-order chi connectivity index (χ1) is 8.50. The molecule has 0 fully saturated rings. The van der Waals surface area contributed by atoms with Crippen molar-refractivity contribution in [1.82, 2.24) is 15.2 Å². The first kappa shape index (κ1) is 12.1. The Morgan fingerprint density at radius 1 is 1.33 bits per heavy atom. The van der Waals surface area contributed by atoms with Gasteiger partial charge in [0.15, 0.2) is 5.78 Å². The van der Waals surface area contributed by atoms with Gasteiger partial charge in [-0.15, -0.1) is 0 Å². The standard InChI is InChI=1S/C12H14N4O2/c1-6-10(8(3)17)7(2)15-11(6)12(18)16-9-4-13-14-5-9/h4-5,15H,1-3H3,(H,13,14)(H,16,18). The van der Waals surface area contributed by atoms with Gasteiger partial charge in [0.05, 0.1) is 11.9 Å². The van der Waals surface area contributed by atoms with Gasteiger partial charge in [0.25, 0.3) is 5.91 Å². The minimum absolute atomic E-state index is 0.0522. The quantitative estimate of drug-likeness (QED) is 0.721. The van der Waals surface area contributed by atoms with E-state index >= 15 is 0 Å². The number of carbonyl (C=O) groups is 2. The van der Waals surface area contributed by atoms with E-state index < -0.39 is 0 Å². The molecule has 2 aromatic rings. The van der Waals surface area contributed by atoms with Gasteiger partial charge in [-0.2, -0.15) is 5.10 Å². The highest BCUT2D eigenvalue weighted by Crippen LogP contribution is 2.19. The highest BCUT2D eigenvalue weighted by atomic mass is 16.2. The maximum absolute atomic E-state index is 12.0. The van der Waals surface area contributed by atoms with Crippen molar-refractivity contribution >= 4 is 17.4 Å². The molecule has 0 aromatic carbocycles. The van der Waals surface area contributed by atoms with Crippen molar-refractivity contribution in [2.24, 2.45) is 0 Å². The van der Waals surface area contributed by atoms with E-state index in [4.69, 9.17) is 0 Å². The van der Waals surface area contributed by atoms with Crippen LogP contribution in [-0.2, 0) is 0 Å². The molecule has 6 heteroatoms. The molecule has 0 aliphatic carbocycles. The van der Waals surface area contributed by atoms with Crippen LogP contribution in [0.15, 0.2) is 12.4 Å². The summed E-state index contributed by atoms with van der Waals surface area (Å²) in [5.74, 6) is -0.340. The zero-order valence-corrected chi connectivity index (χ0v) is 10.4. The van der Waals surface area contributed by atoms with Gasteiger partial charge in [-0.05, 0) is 26.3 Å². The second kappa shape index (κ2) is 4.48. The second-order valence-electron chi connectivity index (χ2n) is 4.12. The van der Waals surface area contributed by atoms with Crippen LogP contribution in [0.5, 0.6) is 0 Å². The summed E-state index contributed by atoms with van der Waals surface area (Å²) in [6.45, 7) is 5.02. The summed E-state index contributed by atoms with van der Waals surface area (Å²) in [5, 5.41) is 9.03. The Kier molecular flexibility index (Phi) is 3.01. The Hall–Kier alpha value is -2.37. The van der Waals surface area contributed by atoms with E-state index in [0.29, 0.717) is 28.2 Å². The van der Waals surface area contributed by atoms with Crippen LogP contribution in [0.2, 0.25) is 0 Å². The number of carbonyl (C=O) groups excluding carboxylic acids is 2. The molecule has 18 heavy (non-hydrogen) atoms. The summed E-state index contributed by atoms with van der Waals surface area (Å²) in [7, 11) is 0. The average molecular weight is 246 g/mol. The summed E-state index contributed by atoms with van der Waals surface area (Å²) >= 11 is 0. The lowest BCUT2D eigenvalue weighted by atomic mass is 10.1. The first-order valence-corrected chi connectivity index (χ1v) is 5.51. The van der Waals surface area contributed by atoms with Crippen LogP contribution in [0.3, 0.4) is 0 Å². The lowest BCUT2D eigenvalue weighted by Crippen LogP contribution is -2.13. The molecule has 2 rings (SSSR count). The van der Waals surface area contributed by atoms with E-state index in [1.54, 1.807) is 20.0 Å². The fourth-order valence-corrected chi connectivity index (χ4v) is 2.02. The largest absolute Gasteiger partial charge is 0.354 e. The minimum atomic E-state index is -0.287. The maximum atomic E-state index is 12.0. The molecular formula is C12H14N4O2. The summed E-state index contributed by atoms with van der Waals surface area (Å²) < 4.78 is 0. The van der Waals surface area contributed by atoms with Crippen molar-refractivity contribution in [1.29, 1.82) is 0 Å². The molecule has 0 saturated heterocycles. The number of anilines is 1. The molecule has 0 aliphatic rings. The smallest absolute Gasteiger partial charge is 0.272 e. The number of nitrogens with one attached hydrogen (secondary N) is 3.